The summed E-state index contributed by atoms with van der Waals surface area (Å²) in [5, 5.41) is 11.7. The summed E-state index contributed by atoms with van der Waals surface area (Å²) in [5.74, 6) is 0. The minimum atomic E-state index is -0.896. The number of pyridine rings is 1. The molecule has 0 fully saturated rings. The lowest BCUT2D eigenvalue weighted by Gasteiger charge is -2.25. The summed E-state index contributed by atoms with van der Waals surface area (Å²) in [5.41, 5.74) is 10.2. The van der Waals surface area contributed by atoms with Crippen molar-refractivity contribution in [1.29, 1.82) is 0 Å². The zero-order chi connectivity index (χ0) is 17.4. The molecule has 1 aromatic carbocycles. The summed E-state index contributed by atoms with van der Waals surface area (Å²) in [6.07, 6.45) is 2.82. The molecule has 0 aliphatic heterocycles. The average Bonchev–Trinajstić information content (AvgIpc) is 2.88. The summed E-state index contributed by atoms with van der Waals surface area (Å²) in [6.45, 7) is 5.81. The van der Waals surface area contributed by atoms with E-state index in [1.165, 1.54) is 0 Å². The number of carbonyl (C=O) groups is 1. The van der Waals surface area contributed by atoms with Crippen molar-refractivity contribution in [3.05, 3.63) is 53.9 Å². The quantitative estimate of drug-likeness (QED) is 0.570. The van der Waals surface area contributed by atoms with Crippen LogP contribution in [-0.4, -0.2) is 25.9 Å². The molecule has 0 saturated carbocycles. The van der Waals surface area contributed by atoms with Crippen molar-refractivity contribution in [2.24, 2.45) is 5.73 Å². The highest BCUT2D eigenvalue weighted by atomic mass is 16.5. The Morgan fingerprint density at radius 3 is 2.67 bits per heavy atom. The van der Waals surface area contributed by atoms with E-state index >= 15 is 0 Å². The Hall–Kier alpha value is -2.86. The van der Waals surface area contributed by atoms with Crippen LogP contribution in [0.1, 0.15) is 24.2 Å². The Labute approximate surface area is 140 Å². The van der Waals surface area contributed by atoms with E-state index in [1.54, 1.807) is 19.3 Å². The van der Waals surface area contributed by atoms with E-state index in [1.807, 2.05) is 48.7 Å². The number of rotatable bonds is 3. The van der Waals surface area contributed by atoms with Gasteiger partial charge >= 0.3 is 6.03 Å². The molecule has 2 amide bonds. The fourth-order valence-corrected chi connectivity index (χ4v) is 3.30. The van der Waals surface area contributed by atoms with Crippen LogP contribution in [0.5, 0.6) is 0 Å². The van der Waals surface area contributed by atoms with E-state index in [0.717, 1.165) is 33.3 Å². The first-order chi connectivity index (χ1) is 11.4. The Balaban J connectivity index is 2.37. The molecule has 0 bridgehead atoms. The van der Waals surface area contributed by atoms with E-state index in [4.69, 9.17) is 5.73 Å². The predicted octanol–water partition coefficient (Wildman–Crippen LogP) is 3.61. The molecule has 0 aliphatic rings. The number of nitrogens with two attached hydrogens (primary N) is 1. The van der Waals surface area contributed by atoms with Gasteiger partial charge in [0.05, 0.1) is 11.2 Å². The Morgan fingerprint density at radius 2 is 2.04 bits per heavy atom. The number of hydrogen-bond acceptors (Lipinski definition) is 3. The standard InChI is InChI=1S/C18H20N4O2/c1-11-6-4-8-15-16(11)12(2)17(14-7-5-9-20-10-14)21(15)13(3)22(24)18(19)23/h4-10,13,24H,1-3H3,(H2,19,23). The number of nitrogens with zero attached hydrogens (tertiary/aromatic N) is 3. The molecule has 6 heteroatoms. The summed E-state index contributed by atoms with van der Waals surface area (Å²) >= 11 is 0. The van der Waals surface area contributed by atoms with E-state index in [-0.39, 0.29) is 0 Å². The highest BCUT2D eigenvalue weighted by Crippen LogP contribution is 2.37. The van der Waals surface area contributed by atoms with E-state index < -0.39 is 12.2 Å². The maximum atomic E-state index is 11.4. The maximum absolute atomic E-state index is 11.4. The minimum Gasteiger partial charge on any atom is -0.350 e. The molecule has 0 saturated heterocycles. The second-order valence-electron chi connectivity index (χ2n) is 5.87. The van der Waals surface area contributed by atoms with Gasteiger partial charge in [-0.15, -0.1) is 0 Å². The molecule has 1 unspecified atom stereocenters. The van der Waals surface area contributed by atoms with Gasteiger partial charge in [0.1, 0.15) is 6.17 Å². The fourth-order valence-electron chi connectivity index (χ4n) is 3.30. The molecule has 0 aliphatic carbocycles. The van der Waals surface area contributed by atoms with Crippen LogP contribution in [0.15, 0.2) is 42.7 Å². The lowest BCUT2D eigenvalue weighted by molar-refractivity contribution is -0.0913. The number of hydrogen-bond donors (Lipinski definition) is 2. The molecule has 3 rings (SSSR count). The molecule has 0 radical (unpaired) electrons. The zero-order valence-electron chi connectivity index (χ0n) is 13.9. The van der Waals surface area contributed by atoms with Crippen LogP contribution in [0.25, 0.3) is 22.2 Å². The van der Waals surface area contributed by atoms with Gasteiger partial charge in [-0.1, -0.05) is 12.1 Å². The SMILES string of the molecule is Cc1cccc2c1c(C)c(-c1cccnc1)n2C(C)N(O)C(N)=O. The van der Waals surface area contributed by atoms with Crippen molar-refractivity contribution >= 4 is 16.9 Å². The van der Waals surface area contributed by atoms with Gasteiger partial charge in [-0.2, -0.15) is 5.06 Å². The number of primary amides is 1. The van der Waals surface area contributed by atoms with Crippen molar-refractivity contribution in [2.45, 2.75) is 26.9 Å². The number of aromatic nitrogens is 2. The van der Waals surface area contributed by atoms with Crippen LogP contribution in [0.2, 0.25) is 0 Å². The smallest absolute Gasteiger partial charge is 0.340 e. The van der Waals surface area contributed by atoms with Crippen molar-refractivity contribution in [2.75, 3.05) is 0 Å². The van der Waals surface area contributed by atoms with Gasteiger partial charge in [-0.25, -0.2) is 4.79 Å². The van der Waals surface area contributed by atoms with Gasteiger partial charge in [0, 0.05) is 23.3 Å². The van der Waals surface area contributed by atoms with Crippen molar-refractivity contribution in [3.8, 4) is 11.3 Å². The summed E-state index contributed by atoms with van der Waals surface area (Å²) in [6, 6.07) is 8.90. The Bertz CT molecular complexity index is 902. The summed E-state index contributed by atoms with van der Waals surface area (Å²) < 4.78 is 1.92. The number of benzene rings is 1. The van der Waals surface area contributed by atoms with E-state index in [0.29, 0.717) is 5.06 Å². The topological polar surface area (TPSA) is 84.4 Å². The fraction of sp³-hybridized carbons (Fsp3) is 0.222. The lowest BCUT2D eigenvalue weighted by Crippen LogP contribution is -2.37. The zero-order valence-corrected chi connectivity index (χ0v) is 13.9. The first kappa shape index (κ1) is 16.0. The minimum absolute atomic E-state index is 0.543. The average molecular weight is 324 g/mol. The number of hydroxylamine groups is 2. The number of carbonyl (C=O) groups excluding carboxylic acids is 1. The summed E-state index contributed by atoms with van der Waals surface area (Å²) in [7, 11) is 0. The van der Waals surface area contributed by atoms with Crippen LogP contribution < -0.4 is 5.73 Å². The van der Waals surface area contributed by atoms with E-state index in [2.05, 4.69) is 4.98 Å². The molecule has 1 atom stereocenters. The molecule has 24 heavy (non-hydrogen) atoms. The third-order valence-electron chi connectivity index (χ3n) is 4.37. The second-order valence-corrected chi connectivity index (χ2v) is 5.87. The Kier molecular flexibility index (Phi) is 3.99. The molecule has 0 spiro atoms. The summed E-state index contributed by atoms with van der Waals surface area (Å²) in [4.78, 5) is 15.6. The van der Waals surface area contributed by atoms with Crippen LogP contribution in [0.4, 0.5) is 4.79 Å². The predicted molar refractivity (Wildman–Crippen MR) is 92.6 cm³/mol. The van der Waals surface area contributed by atoms with Crippen LogP contribution >= 0.6 is 0 Å². The van der Waals surface area contributed by atoms with Crippen molar-refractivity contribution < 1.29 is 10.0 Å². The van der Waals surface area contributed by atoms with Gasteiger partial charge in [-0.05, 0) is 50.1 Å². The van der Waals surface area contributed by atoms with Gasteiger partial charge in [0.25, 0.3) is 0 Å². The molecule has 2 aromatic heterocycles. The largest absolute Gasteiger partial charge is 0.350 e. The number of urea groups is 1. The van der Waals surface area contributed by atoms with Gasteiger partial charge in [-0.3, -0.25) is 10.2 Å². The monoisotopic (exact) mass is 324 g/mol. The normalized spacial score (nSPS) is 12.3. The van der Waals surface area contributed by atoms with E-state index in [9.17, 15) is 10.0 Å². The van der Waals surface area contributed by atoms with Crippen molar-refractivity contribution in [3.63, 3.8) is 0 Å². The van der Waals surface area contributed by atoms with Gasteiger partial charge in [0.15, 0.2) is 0 Å². The van der Waals surface area contributed by atoms with Crippen molar-refractivity contribution in [1.82, 2.24) is 14.6 Å². The molecular formula is C18H20N4O2. The number of fused-ring (bicyclic) bond motifs is 1. The van der Waals surface area contributed by atoms with Crippen LogP contribution in [0, 0.1) is 13.8 Å². The lowest BCUT2D eigenvalue weighted by atomic mass is 10.0. The third-order valence-corrected chi connectivity index (χ3v) is 4.37. The number of amides is 2. The highest BCUT2D eigenvalue weighted by Gasteiger charge is 2.25. The maximum Gasteiger partial charge on any atom is 0.340 e. The Morgan fingerprint density at radius 1 is 1.29 bits per heavy atom. The molecular weight excluding hydrogens is 304 g/mol. The first-order valence-corrected chi connectivity index (χ1v) is 7.71. The highest BCUT2D eigenvalue weighted by molar-refractivity contribution is 5.94. The van der Waals surface area contributed by atoms with Crippen LogP contribution in [0.3, 0.4) is 0 Å². The molecule has 3 N–H and O–H groups in total. The second kappa shape index (κ2) is 5.98. The van der Waals surface area contributed by atoms with Gasteiger partial charge in [0.2, 0.25) is 0 Å². The number of aryl methyl sites for hydroxylation is 2. The molecule has 3 aromatic rings. The molecule has 2 heterocycles. The first-order valence-electron chi connectivity index (χ1n) is 7.71. The molecule has 124 valence electrons. The van der Waals surface area contributed by atoms with Gasteiger partial charge < -0.3 is 10.3 Å². The molecule has 6 nitrogen and oxygen atoms in total. The third kappa shape index (κ3) is 2.41. The van der Waals surface area contributed by atoms with Crippen LogP contribution in [-0.2, 0) is 0 Å².